The lowest BCUT2D eigenvalue weighted by molar-refractivity contribution is -0.112. The second-order valence-corrected chi connectivity index (χ2v) is 4.02. The van der Waals surface area contributed by atoms with Gasteiger partial charge in [-0.25, -0.2) is 4.68 Å². The Morgan fingerprint density at radius 3 is 2.71 bits per heavy atom. The van der Waals surface area contributed by atoms with Crippen LogP contribution < -0.4 is 0 Å². The van der Waals surface area contributed by atoms with Crippen LogP contribution in [-0.4, -0.2) is 39.8 Å². The molecule has 0 saturated carbocycles. The molecule has 0 aliphatic carbocycles. The van der Waals surface area contributed by atoms with Crippen LogP contribution in [0.1, 0.15) is 6.92 Å². The Labute approximate surface area is 99.3 Å². The number of Topliss-reactive ketones (excluding diaryl/α,β-unsaturated/α-hetero) is 1. The lowest BCUT2D eigenvalue weighted by atomic mass is 10.3. The molecule has 2 rings (SSSR count). The molecule has 0 saturated heterocycles. The van der Waals surface area contributed by atoms with E-state index in [1.807, 2.05) is 43.3 Å². The predicted molar refractivity (Wildman–Crippen MR) is 66.2 cm³/mol. The minimum atomic E-state index is -0.0469. The molecular weight excluding hydrogens is 216 g/mol. The second kappa shape index (κ2) is 4.37. The van der Waals surface area contributed by atoms with E-state index in [9.17, 15) is 4.79 Å². The van der Waals surface area contributed by atoms with Crippen LogP contribution in [0.25, 0.3) is 16.7 Å². The number of fused-ring (bicyclic) bond motifs is 1. The van der Waals surface area contributed by atoms with Gasteiger partial charge in [-0.1, -0.05) is 17.3 Å². The van der Waals surface area contributed by atoms with Gasteiger partial charge >= 0.3 is 0 Å². The van der Waals surface area contributed by atoms with E-state index in [4.69, 9.17) is 0 Å². The van der Waals surface area contributed by atoms with Crippen LogP contribution in [0.2, 0.25) is 0 Å². The first-order chi connectivity index (χ1) is 8.09. The predicted octanol–water partition coefficient (Wildman–Crippen LogP) is 1.38. The molecule has 0 bridgehead atoms. The van der Waals surface area contributed by atoms with Gasteiger partial charge in [-0.2, -0.15) is 0 Å². The van der Waals surface area contributed by atoms with E-state index in [1.165, 1.54) is 6.92 Å². The summed E-state index contributed by atoms with van der Waals surface area (Å²) in [6, 6.07) is 7.55. The van der Waals surface area contributed by atoms with Gasteiger partial charge in [0.25, 0.3) is 0 Å². The summed E-state index contributed by atoms with van der Waals surface area (Å²) >= 11 is 0. The molecule has 17 heavy (non-hydrogen) atoms. The Bertz CT molecular complexity index is 583. The summed E-state index contributed by atoms with van der Waals surface area (Å²) in [6.45, 7) is 1.52. The number of carbonyl (C=O) groups is 1. The van der Waals surface area contributed by atoms with Crippen molar-refractivity contribution in [2.45, 2.75) is 6.92 Å². The third kappa shape index (κ3) is 2.18. The van der Waals surface area contributed by atoms with Gasteiger partial charge in [0.15, 0.2) is 5.78 Å². The molecule has 2 aromatic rings. The quantitative estimate of drug-likeness (QED) is 0.747. The summed E-state index contributed by atoms with van der Waals surface area (Å²) in [5, 5.41) is 8.05. The number of rotatable bonds is 3. The van der Waals surface area contributed by atoms with Gasteiger partial charge in [0.1, 0.15) is 11.2 Å². The first-order valence-electron chi connectivity index (χ1n) is 5.29. The third-order valence-electron chi connectivity index (χ3n) is 2.32. The molecule has 0 aliphatic rings. The highest BCUT2D eigenvalue weighted by atomic mass is 16.1. The van der Waals surface area contributed by atoms with Crippen molar-refractivity contribution in [1.82, 2.24) is 19.9 Å². The molecule has 1 heterocycles. The van der Waals surface area contributed by atoms with E-state index in [1.54, 1.807) is 10.9 Å². The standard InChI is InChI=1S/C12H14N4O/c1-9(17)12(8-15(2)3)16-11-7-5-4-6-10(11)13-14-16/h4-8H,1-3H3. The van der Waals surface area contributed by atoms with Crippen molar-refractivity contribution >= 4 is 22.5 Å². The molecule has 0 amide bonds. The zero-order chi connectivity index (χ0) is 12.4. The van der Waals surface area contributed by atoms with Crippen molar-refractivity contribution in [3.8, 4) is 0 Å². The summed E-state index contributed by atoms with van der Waals surface area (Å²) in [6.07, 6.45) is 1.74. The monoisotopic (exact) mass is 230 g/mol. The van der Waals surface area contributed by atoms with Crippen LogP contribution >= 0.6 is 0 Å². The molecule has 0 aliphatic heterocycles. The highest BCUT2D eigenvalue weighted by Crippen LogP contribution is 2.15. The minimum Gasteiger partial charge on any atom is -0.382 e. The number of nitrogens with zero attached hydrogens (tertiary/aromatic N) is 4. The maximum absolute atomic E-state index is 11.6. The van der Waals surface area contributed by atoms with Gasteiger partial charge in [-0.05, 0) is 12.1 Å². The van der Waals surface area contributed by atoms with Crippen molar-refractivity contribution in [2.24, 2.45) is 0 Å². The maximum atomic E-state index is 11.6. The van der Waals surface area contributed by atoms with E-state index in [0.717, 1.165) is 11.0 Å². The highest BCUT2D eigenvalue weighted by Gasteiger charge is 2.12. The van der Waals surface area contributed by atoms with Gasteiger partial charge in [0, 0.05) is 27.2 Å². The summed E-state index contributed by atoms with van der Waals surface area (Å²) in [5.74, 6) is -0.0469. The van der Waals surface area contributed by atoms with E-state index >= 15 is 0 Å². The van der Waals surface area contributed by atoms with Crippen LogP contribution in [0.4, 0.5) is 0 Å². The van der Waals surface area contributed by atoms with Gasteiger partial charge in [0.2, 0.25) is 0 Å². The molecule has 0 spiro atoms. The van der Waals surface area contributed by atoms with E-state index < -0.39 is 0 Å². The lowest BCUT2D eigenvalue weighted by Gasteiger charge is -2.09. The van der Waals surface area contributed by atoms with Crippen LogP contribution in [0, 0.1) is 0 Å². The van der Waals surface area contributed by atoms with E-state index in [0.29, 0.717) is 5.70 Å². The van der Waals surface area contributed by atoms with E-state index in [-0.39, 0.29) is 5.78 Å². The Kier molecular flexibility index (Phi) is 2.91. The Balaban J connectivity index is 2.61. The molecule has 0 fully saturated rings. The molecule has 0 unspecified atom stereocenters. The van der Waals surface area contributed by atoms with Gasteiger partial charge in [-0.3, -0.25) is 4.79 Å². The molecule has 5 heteroatoms. The second-order valence-electron chi connectivity index (χ2n) is 4.02. The highest BCUT2D eigenvalue weighted by molar-refractivity contribution is 6.14. The van der Waals surface area contributed by atoms with Gasteiger partial charge in [0.05, 0.1) is 5.52 Å². The number of hydrogen-bond donors (Lipinski definition) is 0. The van der Waals surface area contributed by atoms with Gasteiger partial charge in [-0.15, -0.1) is 5.10 Å². The van der Waals surface area contributed by atoms with Crippen molar-refractivity contribution in [1.29, 1.82) is 0 Å². The Hall–Kier alpha value is -2.17. The summed E-state index contributed by atoms with van der Waals surface area (Å²) < 4.78 is 1.57. The largest absolute Gasteiger partial charge is 0.382 e. The molecule has 0 atom stereocenters. The van der Waals surface area contributed by atoms with Crippen LogP contribution in [0.3, 0.4) is 0 Å². The molecule has 0 radical (unpaired) electrons. The first-order valence-corrected chi connectivity index (χ1v) is 5.29. The smallest absolute Gasteiger partial charge is 0.179 e. The number of carbonyl (C=O) groups excluding carboxylic acids is 1. The van der Waals surface area contributed by atoms with Crippen molar-refractivity contribution in [3.63, 3.8) is 0 Å². The van der Waals surface area contributed by atoms with Crippen molar-refractivity contribution in [3.05, 3.63) is 30.5 Å². The Morgan fingerprint density at radius 2 is 2.06 bits per heavy atom. The summed E-state index contributed by atoms with van der Waals surface area (Å²) in [5.41, 5.74) is 2.11. The average molecular weight is 230 g/mol. The summed E-state index contributed by atoms with van der Waals surface area (Å²) in [4.78, 5) is 13.5. The molecule has 5 nitrogen and oxygen atoms in total. The number of aromatic nitrogens is 3. The van der Waals surface area contributed by atoms with Crippen molar-refractivity contribution in [2.75, 3.05) is 14.1 Å². The summed E-state index contributed by atoms with van der Waals surface area (Å²) in [7, 11) is 3.73. The van der Waals surface area contributed by atoms with Crippen LogP contribution in [-0.2, 0) is 4.79 Å². The maximum Gasteiger partial charge on any atom is 0.179 e. The normalized spacial score (nSPS) is 11.8. The molecule has 0 N–H and O–H groups in total. The lowest BCUT2D eigenvalue weighted by Crippen LogP contribution is -2.12. The molecule has 88 valence electrons. The number of hydrogen-bond acceptors (Lipinski definition) is 4. The topological polar surface area (TPSA) is 51.0 Å². The minimum absolute atomic E-state index is 0.0469. The fraction of sp³-hybridized carbons (Fsp3) is 0.250. The third-order valence-corrected chi connectivity index (χ3v) is 2.32. The SMILES string of the molecule is CC(=O)C(=CN(C)C)n1nnc2ccccc21. The fourth-order valence-electron chi connectivity index (χ4n) is 1.59. The fourth-order valence-corrected chi connectivity index (χ4v) is 1.59. The first kappa shape index (κ1) is 11.3. The number of ketones is 1. The number of benzene rings is 1. The number of para-hydroxylation sites is 1. The average Bonchev–Trinajstić information content (AvgIpc) is 2.69. The molecule has 1 aromatic heterocycles. The Morgan fingerprint density at radius 1 is 1.35 bits per heavy atom. The van der Waals surface area contributed by atoms with Crippen molar-refractivity contribution < 1.29 is 4.79 Å². The zero-order valence-corrected chi connectivity index (χ0v) is 10.1. The van der Waals surface area contributed by atoms with E-state index in [2.05, 4.69) is 10.3 Å². The van der Waals surface area contributed by atoms with Crippen LogP contribution in [0.5, 0.6) is 0 Å². The van der Waals surface area contributed by atoms with Crippen LogP contribution in [0.15, 0.2) is 30.5 Å². The number of allylic oxidation sites excluding steroid dienone is 1. The molecule has 1 aromatic carbocycles. The van der Waals surface area contributed by atoms with Gasteiger partial charge < -0.3 is 4.90 Å². The molecular formula is C12H14N4O. The zero-order valence-electron chi connectivity index (χ0n) is 10.1.